The number of para-hydroxylation sites is 2. The number of fused-ring (bicyclic) bond motifs is 1. The lowest BCUT2D eigenvalue weighted by Crippen LogP contribution is -2.15. The van der Waals surface area contributed by atoms with Gasteiger partial charge in [-0.05, 0) is 36.4 Å². The Morgan fingerprint density at radius 2 is 1.59 bits per heavy atom. The minimum Gasteiger partial charge on any atom is -0.285 e. The Hall–Kier alpha value is -3.58. The van der Waals surface area contributed by atoms with Crippen LogP contribution in [0, 0.1) is 10.1 Å². The summed E-state index contributed by atoms with van der Waals surface area (Å²) >= 11 is 1.42. The number of non-ortho nitro benzene ring substituents is 1. The van der Waals surface area contributed by atoms with Crippen molar-refractivity contribution in [3.63, 3.8) is 0 Å². The van der Waals surface area contributed by atoms with Gasteiger partial charge in [0.2, 0.25) is 0 Å². The number of thiazole rings is 1. The standard InChI is InChI=1S/C20H13N3O3S/c24-19(14-10-12-16(13-11-14)23(25)26)21-20-22(15-6-2-1-3-7-15)17-8-4-5-9-18(17)27-20/h1-13H. The van der Waals surface area contributed by atoms with Gasteiger partial charge < -0.3 is 0 Å². The molecule has 0 aliphatic heterocycles. The molecule has 3 aromatic carbocycles. The molecule has 132 valence electrons. The van der Waals surface area contributed by atoms with Crippen molar-refractivity contribution in [2.75, 3.05) is 0 Å². The van der Waals surface area contributed by atoms with Gasteiger partial charge >= 0.3 is 0 Å². The van der Waals surface area contributed by atoms with Crippen LogP contribution in [0.15, 0.2) is 83.9 Å². The highest BCUT2D eigenvalue weighted by atomic mass is 32.1. The fraction of sp³-hybridized carbons (Fsp3) is 0. The van der Waals surface area contributed by atoms with Gasteiger partial charge in [0.1, 0.15) is 0 Å². The second kappa shape index (κ2) is 6.97. The smallest absolute Gasteiger partial charge is 0.279 e. The molecule has 0 radical (unpaired) electrons. The maximum atomic E-state index is 12.6. The number of nitrogens with zero attached hydrogens (tertiary/aromatic N) is 3. The Labute approximate surface area is 157 Å². The van der Waals surface area contributed by atoms with E-state index in [1.807, 2.05) is 59.2 Å². The van der Waals surface area contributed by atoms with Gasteiger partial charge in [-0.2, -0.15) is 4.99 Å². The third-order valence-corrected chi connectivity index (χ3v) is 5.06. The van der Waals surface area contributed by atoms with E-state index in [1.54, 1.807) is 0 Å². The van der Waals surface area contributed by atoms with Crippen molar-refractivity contribution < 1.29 is 9.72 Å². The highest BCUT2D eigenvalue weighted by Crippen LogP contribution is 2.21. The van der Waals surface area contributed by atoms with Crippen LogP contribution in [-0.4, -0.2) is 15.4 Å². The summed E-state index contributed by atoms with van der Waals surface area (Å²) in [6.45, 7) is 0. The number of aromatic nitrogens is 1. The third-order valence-electron chi connectivity index (χ3n) is 4.04. The zero-order chi connectivity index (χ0) is 18.8. The molecule has 7 heteroatoms. The summed E-state index contributed by atoms with van der Waals surface area (Å²) in [6.07, 6.45) is 0. The molecule has 0 saturated heterocycles. The molecule has 0 aliphatic carbocycles. The minimum atomic E-state index is -0.499. The predicted octanol–water partition coefficient (Wildman–Crippen LogP) is 4.34. The molecule has 4 rings (SSSR count). The van der Waals surface area contributed by atoms with E-state index in [-0.39, 0.29) is 5.69 Å². The molecule has 1 heterocycles. The Morgan fingerprint density at radius 3 is 2.30 bits per heavy atom. The molecule has 0 saturated carbocycles. The van der Waals surface area contributed by atoms with Crippen molar-refractivity contribution in [2.45, 2.75) is 0 Å². The first kappa shape index (κ1) is 16.9. The Morgan fingerprint density at radius 1 is 0.926 bits per heavy atom. The normalized spacial score (nSPS) is 11.6. The molecule has 0 spiro atoms. The van der Waals surface area contributed by atoms with E-state index < -0.39 is 10.8 Å². The van der Waals surface area contributed by atoms with Crippen LogP contribution in [0.2, 0.25) is 0 Å². The largest absolute Gasteiger partial charge is 0.285 e. The first-order chi connectivity index (χ1) is 13.1. The van der Waals surface area contributed by atoms with Crippen molar-refractivity contribution in [1.29, 1.82) is 0 Å². The summed E-state index contributed by atoms with van der Waals surface area (Å²) in [5, 5.41) is 10.8. The molecule has 27 heavy (non-hydrogen) atoms. The van der Waals surface area contributed by atoms with Gasteiger partial charge in [0.05, 0.1) is 15.1 Å². The number of hydrogen-bond donors (Lipinski definition) is 0. The molecule has 1 amide bonds. The quantitative estimate of drug-likeness (QED) is 0.395. The summed E-state index contributed by atoms with van der Waals surface area (Å²) in [6, 6.07) is 23.0. The number of rotatable bonds is 3. The second-order valence-corrected chi connectivity index (χ2v) is 6.75. The van der Waals surface area contributed by atoms with Crippen molar-refractivity contribution in [3.8, 4) is 5.69 Å². The first-order valence-corrected chi connectivity index (χ1v) is 8.95. The Kier molecular flexibility index (Phi) is 4.35. The molecule has 0 N–H and O–H groups in total. The summed E-state index contributed by atoms with van der Waals surface area (Å²) in [5.41, 5.74) is 2.11. The Bertz CT molecular complexity index is 1210. The summed E-state index contributed by atoms with van der Waals surface area (Å²) in [5.74, 6) is -0.443. The number of nitro groups is 1. The number of carbonyl (C=O) groups excluding carboxylic acids is 1. The molecule has 0 aliphatic rings. The van der Waals surface area contributed by atoms with Gasteiger partial charge in [0.25, 0.3) is 11.6 Å². The first-order valence-electron chi connectivity index (χ1n) is 8.13. The monoisotopic (exact) mass is 375 g/mol. The van der Waals surface area contributed by atoms with Crippen LogP contribution in [0.3, 0.4) is 0 Å². The maximum absolute atomic E-state index is 12.6. The molecule has 6 nitrogen and oxygen atoms in total. The minimum absolute atomic E-state index is 0.0623. The molecule has 0 fully saturated rings. The van der Waals surface area contributed by atoms with Crippen LogP contribution >= 0.6 is 11.3 Å². The van der Waals surface area contributed by atoms with E-state index in [9.17, 15) is 14.9 Å². The van der Waals surface area contributed by atoms with Crippen LogP contribution < -0.4 is 4.80 Å². The highest BCUT2D eigenvalue weighted by molar-refractivity contribution is 7.16. The maximum Gasteiger partial charge on any atom is 0.279 e. The number of carbonyl (C=O) groups is 1. The zero-order valence-electron chi connectivity index (χ0n) is 14.0. The average Bonchev–Trinajstić information content (AvgIpc) is 3.06. The van der Waals surface area contributed by atoms with Crippen LogP contribution in [0.4, 0.5) is 5.69 Å². The number of benzene rings is 3. The van der Waals surface area contributed by atoms with Crippen LogP contribution in [0.1, 0.15) is 10.4 Å². The SMILES string of the molecule is O=C(N=c1sc2ccccc2n1-c1ccccc1)c1ccc([N+](=O)[O-])cc1. The number of hydrogen-bond acceptors (Lipinski definition) is 4. The van der Waals surface area contributed by atoms with E-state index in [0.717, 1.165) is 15.9 Å². The summed E-state index contributed by atoms with van der Waals surface area (Å²) in [4.78, 5) is 27.7. The van der Waals surface area contributed by atoms with E-state index in [4.69, 9.17) is 0 Å². The van der Waals surface area contributed by atoms with Crippen molar-refractivity contribution in [2.24, 2.45) is 4.99 Å². The van der Waals surface area contributed by atoms with Crippen LogP contribution in [0.5, 0.6) is 0 Å². The van der Waals surface area contributed by atoms with Gasteiger partial charge in [-0.1, -0.05) is 41.7 Å². The van der Waals surface area contributed by atoms with E-state index >= 15 is 0 Å². The van der Waals surface area contributed by atoms with E-state index in [2.05, 4.69) is 4.99 Å². The average molecular weight is 375 g/mol. The predicted molar refractivity (Wildman–Crippen MR) is 104 cm³/mol. The lowest BCUT2D eigenvalue weighted by Gasteiger charge is -2.04. The van der Waals surface area contributed by atoms with E-state index in [0.29, 0.717) is 10.4 Å². The number of amides is 1. The van der Waals surface area contributed by atoms with Gasteiger partial charge in [-0.3, -0.25) is 19.5 Å². The van der Waals surface area contributed by atoms with Gasteiger partial charge in [0.15, 0.2) is 4.80 Å². The molecule has 0 atom stereocenters. The Balaban J connectivity index is 1.85. The zero-order valence-corrected chi connectivity index (χ0v) is 14.8. The fourth-order valence-corrected chi connectivity index (χ4v) is 3.78. The molecule has 0 unspecified atom stereocenters. The van der Waals surface area contributed by atoms with Gasteiger partial charge in [-0.15, -0.1) is 0 Å². The summed E-state index contributed by atoms with van der Waals surface area (Å²) in [7, 11) is 0. The molecule has 0 bridgehead atoms. The number of nitro benzene ring substituents is 1. The summed E-state index contributed by atoms with van der Waals surface area (Å²) < 4.78 is 2.94. The van der Waals surface area contributed by atoms with Crippen molar-refractivity contribution in [3.05, 3.63) is 99.3 Å². The lowest BCUT2D eigenvalue weighted by molar-refractivity contribution is -0.384. The molecule has 4 aromatic rings. The highest BCUT2D eigenvalue weighted by Gasteiger charge is 2.12. The second-order valence-electron chi connectivity index (χ2n) is 5.74. The van der Waals surface area contributed by atoms with E-state index in [1.165, 1.54) is 35.6 Å². The van der Waals surface area contributed by atoms with Gasteiger partial charge in [-0.25, -0.2) is 0 Å². The molecule has 1 aromatic heterocycles. The van der Waals surface area contributed by atoms with Crippen LogP contribution in [0.25, 0.3) is 15.9 Å². The molecular weight excluding hydrogens is 362 g/mol. The van der Waals surface area contributed by atoms with Crippen molar-refractivity contribution >= 4 is 33.1 Å². The molecular formula is C20H13N3O3S. The van der Waals surface area contributed by atoms with Crippen molar-refractivity contribution in [1.82, 2.24) is 4.57 Å². The van der Waals surface area contributed by atoms with Crippen LogP contribution in [-0.2, 0) is 0 Å². The van der Waals surface area contributed by atoms with Gasteiger partial charge in [0, 0.05) is 23.4 Å². The topological polar surface area (TPSA) is 77.5 Å². The third kappa shape index (κ3) is 3.28. The fourth-order valence-electron chi connectivity index (χ4n) is 2.75. The lowest BCUT2D eigenvalue weighted by atomic mass is 10.2.